The number of methoxy groups -OCH3 is 1. The van der Waals surface area contributed by atoms with E-state index in [0.717, 1.165) is 11.1 Å². The van der Waals surface area contributed by atoms with Crippen LogP contribution in [0.25, 0.3) is 11.1 Å². The van der Waals surface area contributed by atoms with Gasteiger partial charge in [0.1, 0.15) is 0 Å². The fourth-order valence-electron chi connectivity index (χ4n) is 2.58. The molecule has 0 aromatic heterocycles. The van der Waals surface area contributed by atoms with Gasteiger partial charge in [0.15, 0.2) is 11.5 Å². The molecule has 1 amide bonds. The molecule has 0 atom stereocenters. The lowest BCUT2D eigenvalue weighted by molar-refractivity contribution is -0.0512. The van der Waals surface area contributed by atoms with Crippen molar-refractivity contribution in [2.75, 3.05) is 12.4 Å². The maximum Gasteiger partial charge on any atom is 0.387 e. The van der Waals surface area contributed by atoms with Gasteiger partial charge in [0.05, 0.1) is 7.11 Å². The van der Waals surface area contributed by atoms with Crippen molar-refractivity contribution in [2.45, 2.75) is 6.61 Å². The van der Waals surface area contributed by atoms with E-state index in [0.29, 0.717) is 5.69 Å². The average molecular weight is 369 g/mol. The van der Waals surface area contributed by atoms with Crippen LogP contribution in [-0.2, 0) is 0 Å². The van der Waals surface area contributed by atoms with E-state index in [1.165, 1.54) is 25.3 Å². The second-order valence-corrected chi connectivity index (χ2v) is 5.64. The smallest absolute Gasteiger partial charge is 0.387 e. The van der Waals surface area contributed by atoms with Crippen LogP contribution in [0.3, 0.4) is 0 Å². The Kier molecular flexibility index (Phi) is 5.66. The van der Waals surface area contributed by atoms with Crippen molar-refractivity contribution < 1.29 is 23.0 Å². The molecule has 0 saturated heterocycles. The van der Waals surface area contributed by atoms with Gasteiger partial charge >= 0.3 is 6.61 Å². The van der Waals surface area contributed by atoms with E-state index >= 15 is 0 Å². The molecule has 27 heavy (non-hydrogen) atoms. The summed E-state index contributed by atoms with van der Waals surface area (Å²) >= 11 is 0. The van der Waals surface area contributed by atoms with Crippen molar-refractivity contribution in [2.24, 2.45) is 0 Å². The SMILES string of the molecule is COc1cc(C(=O)Nc2ccc(-c3ccccc3)cc2)ccc1OC(F)F. The van der Waals surface area contributed by atoms with Gasteiger partial charge in [-0.25, -0.2) is 0 Å². The highest BCUT2D eigenvalue weighted by Crippen LogP contribution is 2.30. The molecule has 0 unspecified atom stereocenters. The molecule has 0 aliphatic heterocycles. The van der Waals surface area contributed by atoms with Gasteiger partial charge in [-0.15, -0.1) is 0 Å². The van der Waals surface area contributed by atoms with Gasteiger partial charge in [-0.2, -0.15) is 8.78 Å². The van der Waals surface area contributed by atoms with Crippen LogP contribution in [-0.4, -0.2) is 19.6 Å². The molecule has 0 spiro atoms. The zero-order valence-corrected chi connectivity index (χ0v) is 14.5. The molecule has 1 N–H and O–H groups in total. The number of benzene rings is 3. The summed E-state index contributed by atoms with van der Waals surface area (Å²) in [6, 6.07) is 21.3. The topological polar surface area (TPSA) is 47.6 Å². The van der Waals surface area contributed by atoms with Crippen molar-refractivity contribution in [3.63, 3.8) is 0 Å². The normalized spacial score (nSPS) is 10.5. The van der Waals surface area contributed by atoms with E-state index in [2.05, 4.69) is 10.1 Å². The van der Waals surface area contributed by atoms with Gasteiger partial charge < -0.3 is 14.8 Å². The minimum absolute atomic E-state index is 0.0578. The van der Waals surface area contributed by atoms with Crippen molar-refractivity contribution in [3.05, 3.63) is 78.4 Å². The van der Waals surface area contributed by atoms with Crippen molar-refractivity contribution >= 4 is 11.6 Å². The standard InChI is InChI=1S/C21H17F2NO3/c1-26-19-13-16(9-12-18(19)27-21(22)23)20(25)24-17-10-7-15(8-11-17)14-5-3-2-4-6-14/h2-13,21H,1H3,(H,24,25). The maximum atomic E-state index is 12.4. The minimum Gasteiger partial charge on any atom is -0.493 e. The molecule has 0 aliphatic rings. The highest BCUT2D eigenvalue weighted by atomic mass is 19.3. The van der Waals surface area contributed by atoms with Gasteiger partial charge in [0.25, 0.3) is 5.91 Å². The summed E-state index contributed by atoms with van der Waals surface area (Å²) in [6.45, 7) is -2.97. The predicted molar refractivity (Wildman–Crippen MR) is 99.5 cm³/mol. The van der Waals surface area contributed by atoms with E-state index < -0.39 is 6.61 Å². The number of carbonyl (C=O) groups is 1. The summed E-state index contributed by atoms with van der Waals surface area (Å²) in [5.74, 6) is -0.456. The number of rotatable bonds is 6. The molecule has 3 aromatic carbocycles. The average Bonchev–Trinajstić information content (AvgIpc) is 2.69. The van der Waals surface area contributed by atoms with E-state index in [1.807, 2.05) is 42.5 Å². The molecule has 3 rings (SSSR count). The Balaban J connectivity index is 1.73. The zero-order valence-electron chi connectivity index (χ0n) is 14.5. The number of alkyl halides is 2. The van der Waals surface area contributed by atoms with E-state index in [9.17, 15) is 13.6 Å². The quantitative estimate of drug-likeness (QED) is 0.648. The second-order valence-electron chi connectivity index (χ2n) is 5.64. The van der Waals surface area contributed by atoms with Gasteiger partial charge in [0, 0.05) is 11.3 Å². The van der Waals surface area contributed by atoms with Crippen LogP contribution in [0.4, 0.5) is 14.5 Å². The fourth-order valence-corrected chi connectivity index (χ4v) is 2.58. The lowest BCUT2D eigenvalue weighted by Crippen LogP contribution is -2.12. The van der Waals surface area contributed by atoms with Crippen LogP contribution in [0.5, 0.6) is 11.5 Å². The lowest BCUT2D eigenvalue weighted by atomic mass is 10.1. The molecule has 6 heteroatoms. The zero-order chi connectivity index (χ0) is 19.2. The van der Waals surface area contributed by atoms with Gasteiger partial charge in [-0.1, -0.05) is 42.5 Å². The Morgan fingerprint density at radius 3 is 2.19 bits per heavy atom. The number of amides is 1. The summed E-state index contributed by atoms with van der Waals surface area (Å²) in [5.41, 5.74) is 2.99. The van der Waals surface area contributed by atoms with Crippen molar-refractivity contribution in [1.29, 1.82) is 0 Å². The molecule has 4 nitrogen and oxygen atoms in total. The largest absolute Gasteiger partial charge is 0.493 e. The number of ether oxygens (including phenoxy) is 2. The third kappa shape index (κ3) is 4.61. The Hall–Kier alpha value is -3.41. The van der Waals surface area contributed by atoms with Crippen LogP contribution in [0, 0.1) is 0 Å². The Morgan fingerprint density at radius 2 is 1.56 bits per heavy atom. The molecule has 3 aromatic rings. The van der Waals surface area contributed by atoms with E-state index in [-0.39, 0.29) is 23.0 Å². The van der Waals surface area contributed by atoms with Gasteiger partial charge in [0.2, 0.25) is 0 Å². The summed E-state index contributed by atoms with van der Waals surface area (Å²) in [5, 5.41) is 2.76. The molecule has 0 saturated carbocycles. The molecular formula is C21H17F2NO3. The van der Waals surface area contributed by atoms with Crippen molar-refractivity contribution in [3.8, 4) is 22.6 Å². The predicted octanol–water partition coefficient (Wildman–Crippen LogP) is 5.22. The second kappa shape index (κ2) is 8.31. The van der Waals surface area contributed by atoms with Crippen molar-refractivity contribution in [1.82, 2.24) is 0 Å². The van der Waals surface area contributed by atoms with Crippen LogP contribution in [0.15, 0.2) is 72.8 Å². The van der Waals surface area contributed by atoms with E-state index in [4.69, 9.17) is 4.74 Å². The summed E-state index contributed by atoms with van der Waals surface area (Å²) in [7, 11) is 1.32. The summed E-state index contributed by atoms with van der Waals surface area (Å²) in [4.78, 5) is 12.4. The number of hydrogen-bond acceptors (Lipinski definition) is 3. The molecule has 0 aliphatic carbocycles. The molecule has 0 fully saturated rings. The number of nitrogens with one attached hydrogen (secondary N) is 1. The molecule has 0 bridgehead atoms. The first-order chi connectivity index (χ1) is 13.1. The van der Waals surface area contributed by atoms with Crippen LogP contribution in [0.1, 0.15) is 10.4 Å². The lowest BCUT2D eigenvalue weighted by Gasteiger charge is -2.12. The van der Waals surface area contributed by atoms with Gasteiger partial charge in [-0.05, 0) is 41.5 Å². The first kappa shape index (κ1) is 18.4. The number of anilines is 1. The van der Waals surface area contributed by atoms with Crippen LogP contribution < -0.4 is 14.8 Å². The minimum atomic E-state index is -2.97. The summed E-state index contributed by atoms with van der Waals surface area (Å²) < 4.78 is 34.1. The first-order valence-electron chi connectivity index (χ1n) is 8.16. The molecule has 0 heterocycles. The highest BCUT2D eigenvalue weighted by molar-refractivity contribution is 6.04. The Bertz CT molecular complexity index is 912. The fraction of sp³-hybridized carbons (Fsp3) is 0.0952. The Labute approximate surface area is 155 Å². The molecule has 0 radical (unpaired) electrons. The molecule has 138 valence electrons. The van der Waals surface area contributed by atoms with Gasteiger partial charge in [-0.3, -0.25) is 4.79 Å². The Morgan fingerprint density at radius 1 is 0.889 bits per heavy atom. The van der Waals surface area contributed by atoms with Crippen LogP contribution in [0.2, 0.25) is 0 Å². The van der Waals surface area contributed by atoms with Crippen LogP contribution >= 0.6 is 0 Å². The monoisotopic (exact) mass is 369 g/mol. The van der Waals surface area contributed by atoms with E-state index in [1.54, 1.807) is 12.1 Å². The number of carbonyl (C=O) groups excluding carboxylic acids is 1. The first-order valence-corrected chi connectivity index (χ1v) is 8.16. The maximum absolute atomic E-state index is 12.4. The number of halogens is 2. The number of hydrogen-bond donors (Lipinski definition) is 1. The third-order valence-electron chi connectivity index (χ3n) is 3.89. The third-order valence-corrected chi connectivity index (χ3v) is 3.89. The highest BCUT2D eigenvalue weighted by Gasteiger charge is 2.14. The molecular weight excluding hydrogens is 352 g/mol. The summed E-state index contributed by atoms with van der Waals surface area (Å²) in [6.07, 6.45) is 0.